The molecule has 1 aromatic rings. The van der Waals surface area contributed by atoms with Crippen molar-refractivity contribution in [3.63, 3.8) is 0 Å². The molecular weight excluding hydrogens is 396 g/mol. The van der Waals surface area contributed by atoms with E-state index in [1.165, 1.54) is 11.8 Å². The number of hydrogen-bond acceptors (Lipinski definition) is 5. The number of ether oxygens (including phenoxy) is 1. The van der Waals surface area contributed by atoms with Crippen LogP contribution in [0.1, 0.15) is 18.4 Å². The summed E-state index contributed by atoms with van der Waals surface area (Å²) in [5.41, 5.74) is 0.886. The van der Waals surface area contributed by atoms with Gasteiger partial charge in [0.25, 0.3) is 5.91 Å². The van der Waals surface area contributed by atoms with Crippen LogP contribution >= 0.6 is 23.4 Å². The lowest BCUT2D eigenvalue weighted by Gasteiger charge is -2.25. The van der Waals surface area contributed by atoms with Gasteiger partial charge in [0.2, 0.25) is 0 Å². The molecule has 26 heavy (non-hydrogen) atoms. The lowest BCUT2D eigenvalue weighted by molar-refractivity contribution is -0.126. The summed E-state index contributed by atoms with van der Waals surface area (Å²) in [6.07, 6.45) is 1.07. The van der Waals surface area contributed by atoms with Crippen molar-refractivity contribution < 1.29 is 17.9 Å². The zero-order valence-electron chi connectivity index (χ0n) is 14.0. The highest BCUT2D eigenvalue weighted by atomic mass is 35.5. The van der Waals surface area contributed by atoms with Crippen LogP contribution in [-0.2, 0) is 25.9 Å². The molecule has 1 aromatic carbocycles. The Morgan fingerprint density at radius 1 is 1.35 bits per heavy atom. The third-order valence-electron chi connectivity index (χ3n) is 4.88. The number of amidine groups is 1. The van der Waals surface area contributed by atoms with Gasteiger partial charge in [-0.15, -0.1) is 0 Å². The molecule has 3 saturated heterocycles. The first-order valence-corrected chi connectivity index (χ1v) is 11.6. The van der Waals surface area contributed by atoms with E-state index in [1.807, 2.05) is 23.1 Å². The van der Waals surface area contributed by atoms with Gasteiger partial charge in [-0.25, -0.2) is 8.42 Å². The Morgan fingerprint density at radius 2 is 2.15 bits per heavy atom. The van der Waals surface area contributed by atoms with Crippen molar-refractivity contribution in [3.8, 4) is 0 Å². The van der Waals surface area contributed by atoms with Crippen LogP contribution < -0.4 is 0 Å². The van der Waals surface area contributed by atoms with Crippen molar-refractivity contribution in [2.75, 3.05) is 18.1 Å². The molecule has 0 radical (unpaired) electrons. The van der Waals surface area contributed by atoms with Crippen LogP contribution in [0.2, 0.25) is 5.02 Å². The van der Waals surface area contributed by atoms with E-state index in [9.17, 15) is 13.2 Å². The zero-order chi connectivity index (χ0) is 18.3. The number of aliphatic imine (C=N–C) groups is 1. The van der Waals surface area contributed by atoms with Crippen molar-refractivity contribution in [1.82, 2.24) is 4.90 Å². The fourth-order valence-electron chi connectivity index (χ4n) is 3.57. The smallest absolute Gasteiger partial charge is 0.277 e. The highest BCUT2D eigenvalue weighted by Crippen LogP contribution is 2.39. The summed E-state index contributed by atoms with van der Waals surface area (Å²) in [4.78, 5) is 18.6. The molecule has 0 spiro atoms. The molecule has 0 N–H and O–H groups in total. The second-order valence-electron chi connectivity index (χ2n) is 6.75. The average Bonchev–Trinajstić information content (AvgIpc) is 3.27. The number of sulfone groups is 1. The van der Waals surface area contributed by atoms with Crippen molar-refractivity contribution in [2.24, 2.45) is 4.99 Å². The highest BCUT2D eigenvalue weighted by Gasteiger charge is 2.49. The van der Waals surface area contributed by atoms with E-state index in [0.29, 0.717) is 29.8 Å². The molecule has 3 heterocycles. The summed E-state index contributed by atoms with van der Waals surface area (Å²) < 4.78 is 29.5. The quantitative estimate of drug-likeness (QED) is 0.754. The van der Waals surface area contributed by atoms with Gasteiger partial charge < -0.3 is 9.64 Å². The monoisotopic (exact) mass is 414 g/mol. The molecule has 3 aliphatic rings. The van der Waals surface area contributed by atoms with Crippen LogP contribution in [0.4, 0.5) is 0 Å². The highest BCUT2D eigenvalue weighted by molar-refractivity contribution is 8.15. The molecule has 4 rings (SSSR count). The van der Waals surface area contributed by atoms with Gasteiger partial charge in [0.1, 0.15) is 6.10 Å². The summed E-state index contributed by atoms with van der Waals surface area (Å²) in [5.74, 6) is -0.0755. The number of amides is 1. The molecule has 0 aliphatic carbocycles. The minimum Gasteiger partial charge on any atom is -0.368 e. The van der Waals surface area contributed by atoms with E-state index in [1.54, 1.807) is 6.07 Å². The van der Waals surface area contributed by atoms with Crippen molar-refractivity contribution in [3.05, 3.63) is 34.9 Å². The fraction of sp³-hybridized carbons (Fsp3) is 0.529. The van der Waals surface area contributed by atoms with Gasteiger partial charge in [0, 0.05) is 23.4 Å². The normalized spacial score (nSPS) is 31.5. The Labute approximate surface area is 161 Å². The number of carbonyl (C=O) groups is 1. The number of nitrogens with zero attached hydrogens (tertiary/aromatic N) is 2. The standard InChI is InChI=1S/C17H19ClN2O4S2/c18-12-5-2-1-4-11(12)8-20-13-9-26(22,23)10-15(13)25-17(20)19-16(21)14-6-3-7-24-14/h1-2,4-5,13-15H,3,6-10H2/t13-,14+,15-/m0/s1. The van der Waals surface area contributed by atoms with Crippen LogP contribution in [0.5, 0.6) is 0 Å². The Kier molecular flexibility index (Phi) is 5.02. The van der Waals surface area contributed by atoms with Crippen LogP contribution in [0.15, 0.2) is 29.3 Å². The Hall–Kier alpha value is -1.09. The third-order valence-corrected chi connectivity index (χ3v) is 8.50. The van der Waals surface area contributed by atoms with Crippen LogP contribution in [-0.4, -0.2) is 59.9 Å². The zero-order valence-corrected chi connectivity index (χ0v) is 16.4. The summed E-state index contributed by atoms with van der Waals surface area (Å²) >= 11 is 7.66. The molecule has 0 saturated carbocycles. The van der Waals surface area contributed by atoms with Crippen molar-refractivity contribution in [1.29, 1.82) is 0 Å². The first-order chi connectivity index (χ1) is 12.4. The number of halogens is 1. The minimum atomic E-state index is -3.07. The van der Waals surface area contributed by atoms with Crippen LogP contribution in [0.25, 0.3) is 0 Å². The van der Waals surface area contributed by atoms with Gasteiger partial charge in [-0.3, -0.25) is 4.79 Å². The number of benzene rings is 1. The molecule has 9 heteroatoms. The maximum Gasteiger partial charge on any atom is 0.277 e. The molecule has 0 bridgehead atoms. The number of hydrogen-bond donors (Lipinski definition) is 0. The number of fused-ring (bicyclic) bond motifs is 1. The van der Waals surface area contributed by atoms with Crippen molar-refractivity contribution >= 4 is 44.3 Å². The summed E-state index contributed by atoms with van der Waals surface area (Å²) in [6.45, 7) is 1.02. The van der Waals surface area contributed by atoms with E-state index < -0.39 is 15.9 Å². The lowest BCUT2D eigenvalue weighted by Crippen LogP contribution is -2.37. The van der Waals surface area contributed by atoms with Crippen LogP contribution in [0, 0.1) is 0 Å². The van der Waals surface area contributed by atoms with Gasteiger partial charge >= 0.3 is 0 Å². The number of carbonyl (C=O) groups excluding carboxylic acids is 1. The van der Waals surface area contributed by atoms with E-state index in [0.717, 1.165) is 12.0 Å². The third kappa shape index (κ3) is 3.65. The molecule has 6 nitrogen and oxygen atoms in total. The van der Waals surface area contributed by atoms with Gasteiger partial charge in [-0.05, 0) is 24.5 Å². The molecule has 1 amide bonds. The van der Waals surface area contributed by atoms with E-state index in [-0.39, 0.29) is 28.7 Å². The van der Waals surface area contributed by atoms with Gasteiger partial charge in [-0.1, -0.05) is 41.6 Å². The molecule has 3 atom stereocenters. The second kappa shape index (κ2) is 7.14. The molecule has 140 valence electrons. The van der Waals surface area contributed by atoms with Gasteiger partial charge in [-0.2, -0.15) is 4.99 Å². The van der Waals surface area contributed by atoms with Gasteiger partial charge in [0.05, 0.1) is 17.5 Å². The second-order valence-corrected chi connectivity index (χ2v) is 10.5. The largest absolute Gasteiger partial charge is 0.368 e. The maximum absolute atomic E-state index is 12.4. The molecular formula is C17H19ClN2O4S2. The molecule has 3 aliphatic heterocycles. The molecule has 0 aromatic heterocycles. The summed E-state index contributed by atoms with van der Waals surface area (Å²) in [6, 6.07) is 7.27. The fourth-order valence-corrected chi connectivity index (χ4v) is 7.72. The minimum absolute atomic E-state index is 0.0856. The predicted octanol–water partition coefficient (Wildman–Crippen LogP) is 2.12. The first kappa shape index (κ1) is 18.3. The Bertz CT molecular complexity index is 852. The van der Waals surface area contributed by atoms with Crippen LogP contribution in [0.3, 0.4) is 0 Å². The number of rotatable bonds is 3. The van der Waals surface area contributed by atoms with Crippen molar-refractivity contribution in [2.45, 2.75) is 36.8 Å². The van der Waals surface area contributed by atoms with E-state index in [4.69, 9.17) is 16.3 Å². The molecule has 0 unspecified atom stereocenters. The summed E-state index contributed by atoms with van der Waals surface area (Å²) in [5, 5.41) is 1.10. The predicted molar refractivity (Wildman–Crippen MR) is 102 cm³/mol. The first-order valence-electron chi connectivity index (χ1n) is 8.54. The van der Waals surface area contributed by atoms with E-state index in [2.05, 4.69) is 4.99 Å². The SMILES string of the molecule is O=C(N=C1S[C@H]2CS(=O)(=O)C[C@@H]2N1Cc1ccccc1Cl)[C@H]1CCCO1. The summed E-state index contributed by atoms with van der Waals surface area (Å²) in [7, 11) is -3.07. The number of thioether (sulfide) groups is 1. The maximum atomic E-state index is 12.4. The average molecular weight is 415 g/mol. The van der Waals surface area contributed by atoms with Gasteiger partial charge in [0.15, 0.2) is 15.0 Å². The Morgan fingerprint density at radius 3 is 2.88 bits per heavy atom. The topological polar surface area (TPSA) is 76.0 Å². The lowest BCUT2D eigenvalue weighted by atomic mass is 10.1. The molecule has 3 fully saturated rings. The van der Waals surface area contributed by atoms with E-state index >= 15 is 0 Å². The Balaban J connectivity index is 1.62.